The molecular weight excluding hydrogens is 283 g/mol. The molecule has 1 aliphatic heterocycles. The van der Waals surface area contributed by atoms with Gasteiger partial charge in [-0.15, -0.1) is 0 Å². The Kier molecular flexibility index (Phi) is 9.71. The largest absolute Gasteiger partial charge is 0.374 e. The third-order valence-electron chi connectivity index (χ3n) is 4.97. The lowest BCUT2D eigenvalue weighted by Crippen LogP contribution is -2.52. The molecule has 3 nitrogen and oxygen atoms in total. The Morgan fingerprint density at radius 2 is 1.91 bits per heavy atom. The maximum Gasteiger partial charge on any atom is 0.207 e. The van der Waals surface area contributed by atoms with Gasteiger partial charge in [0, 0.05) is 17.5 Å². The number of rotatable bonds is 6. The molecule has 1 radical (unpaired) electrons. The Balaban J connectivity index is 0.000000688. The van der Waals surface area contributed by atoms with Crippen LogP contribution in [0.3, 0.4) is 0 Å². The number of Topliss-reactive ketones (excluding diaryl/α,β-unsaturated/α-hetero) is 1. The van der Waals surface area contributed by atoms with Crippen LogP contribution >= 0.6 is 0 Å². The highest BCUT2D eigenvalue weighted by atomic mass is 16.1. The first-order valence-electron chi connectivity index (χ1n) is 8.73. The van der Waals surface area contributed by atoms with Crippen molar-refractivity contribution >= 4 is 13.2 Å². The van der Waals surface area contributed by atoms with E-state index in [4.69, 9.17) is 5.64 Å². The van der Waals surface area contributed by atoms with Gasteiger partial charge in [0.2, 0.25) is 7.41 Å². The summed E-state index contributed by atoms with van der Waals surface area (Å²) in [7, 11) is 1.81. The van der Waals surface area contributed by atoms with E-state index in [1.54, 1.807) is 6.92 Å². The molecule has 0 amide bonds. The Morgan fingerprint density at radius 3 is 2.26 bits per heavy atom. The van der Waals surface area contributed by atoms with E-state index >= 15 is 0 Å². The van der Waals surface area contributed by atoms with Crippen LogP contribution in [-0.2, 0) is 4.79 Å². The molecule has 1 saturated heterocycles. The first kappa shape index (κ1) is 22.1. The molecule has 1 rings (SSSR count). The Bertz CT molecular complexity index is 420. The zero-order valence-electron chi connectivity index (χ0n) is 16.2. The van der Waals surface area contributed by atoms with E-state index in [2.05, 4.69) is 51.3 Å². The summed E-state index contributed by atoms with van der Waals surface area (Å²) in [5.74, 6) is 0.804. The summed E-state index contributed by atoms with van der Waals surface area (Å²) in [5, 5.41) is 0. The topological polar surface area (TPSA) is 46.3 Å². The molecule has 131 valence electrons. The molecule has 0 spiro atoms. The second-order valence-corrected chi connectivity index (χ2v) is 7.17. The fourth-order valence-electron chi connectivity index (χ4n) is 2.90. The highest BCUT2D eigenvalue weighted by molar-refractivity contribution is 6.33. The Morgan fingerprint density at radius 1 is 1.39 bits per heavy atom. The van der Waals surface area contributed by atoms with Crippen molar-refractivity contribution in [2.75, 3.05) is 6.54 Å². The molecule has 1 fully saturated rings. The molecule has 1 aliphatic rings. The lowest BCUT2D eigenvalue weighted by molar-refractivity contribution is -0.119. The molecule has 0 aromatic heterocycles. The van der Waals surface area contributed by atoms with Crippen LogP contribution in [0.15, 0.2) is 24.3 Å². The van der Waals surface area contributed by atoms with Crippen LogP contribution in [0.1, 0.15) is 61.3 Å². The molecule has 3 unspecified atom stereocenters. The van der Waals surface area contributed by atoms with Crippen molar-refractivity contribution in [3.05, 3.63) is 24.3 Å². The van der Waals surface area contributed by atoms with Crippen molar-refractivity contribution in [1.82, 2.24) is 4.90 Å². The van der Waals surface area contributed by atoms with Gasteiger partial charge in [0.1, 0.15) is 5.78 Å². The number of nitrogens with two attached hydrogens (primary N) is 1. The van der Waals surface area contributed by atoms with Crippen LogP contribution in [0.2, 0.25) is 5.82 Å². The van der Waals surface area contributed by atoms with E-state index in [0.717, 1.165) is 6.54 Å². The molecule has 4 heteroatoms. The highest BCUT2D eigenvalue weighted by Crippen LogP contribution is 2.37. The van der Waals surface area contributed by atoms with Gasteiger partial charge in [0.05, 0.1) is 0 Å². The quantitative estimate of drug-likeness (QED) is 0.595. The highest BCUT2D eigenvalue weighted by Gasteiger charge is 2.40. The second-order valence-electron chi connectivity index (χ2n) is 7.17. The monoisotopic (exact) mass is 319 g/mol. The van der Waals surface area contributed by atoms with E-state index in [0.29, 0.717) is 11.9 Å². The zero-order chi connectivity index (χ0) is 18.2. The van der Waals surface area contributed by atoms with Crippen molar-refractivity contribution < 1.29 is 4.79 Å². The fraction of sp³-hybridized carbons (Fsp3) is 0.737. The number of carbonyl (C=O) groups is 1. The summed E-state index contributed by atoms with van der Waals surface area (Å²) in [6, 6.07) is 0.499. The van der Waals surface area contributed by atoms with Crippen LogP contribution in [0.25, 0.3) is 0 Å². The Hall–Kier alpha value is -0.865. The van der Waals surface area contributed by atoms with Crippen molar-refractivity contribution in [3.8, 4) is 0 Å². The van der Waals surface area contributed by atoms with Gasteiger partial charge in [-0.1, -0.05) is 45.1 Å². The molecule has 0 saturated carbocycles. The average molecular weight is 319 g/mol. The summed E-state index contributed by atoms with van der Waals surface area (Å²) in [6.07, 6.45) is 6.89. The lowest BCUT2D eigenvalue weighted by atomic mass is 9.65. The normalized spacial score (nSPS) is 22.4. The third-order valence-corrected chi connectivity index (χ3v) is 4.97. The van der Waals surface area contributed by atoms with Gasteiger partial charge in [-0.3, -0.25) is 9.69 Å². The lowest BCUT2D eigenvalue weighted by Gasteiger charge is -2.44. The summed E-state index contributed by atoms with van der Waals surface area (Å²) in [4.78, 5) is 12.7. The second kappa shape index (κ2) is 10.1. The minimum atomic E-state index is 0.00359. The predicted molar refractivity (Wildman–Crippen MR) is 103 cm³/mol. The number of carbonyl (C=O) groups excluding carboxylic acids is 1. The third kappa shape index (κ3) is 6.27. The van der Waals surface area contributed by atoms with Crippen molar-refractivity contribution in [2.45, 2.75) is 78.7 Å². The molecular formula is C19H36BN2O. The van der Waals surface area contributed by atoms with Gasteiger partial charge in [-0.25, -0.2) is 0 Å². The van der Waals surface area contributed by atoms with Crippen molar-refractivity contribution in [3.63, 3.8) is 0 Å². The standard InChI is InChI=1S/C14H26BN2.C5H10O/c1-6-9-14(5,12(4)15-16)17-10-7-8-13(17)11(2)3;1-4(2)5(3)6/h6,9,12-13H,2,7-8,10,16H2,1,3-5H3;4H,1-3H3. The minimum Gasteiger partial charge on any atom is -0.374 e. The summed E-state index contributed by atoms with van der Waals surface area (Å²) in [5.41, 5.74) is 7.04. The molecule has 0 aromatic carbocycles. The molecule has 3 atom stereocenters. The minimum absolute atomic E-state index is 0.00359. The van der Waals surface area contributed by atoms with E-state index < -0.39 is 0 Å². The maximum absolute atomic E-state index is 10.1. The van der Waals surface area contributed by atoms with Crippen LogP contribution in [0, 0.1) is 5.92 Å². The van der Waals surface area contributed by atoms with Gasteiger partial charge in [-0.2, -0.15) is 0 Å². The summed E-state index contributed by atoms with van der Waals surface area (Å²) >= 11 is 0. The average Bonchev–Trinajstić information content (AvgIpc) is 2.97. The van der Waals surface area contributed by atoms with E-state index in [1.165, 1.54) is 18.4 Å². The molecule has 0 bridgehead atoms. The number of nitrogens with zero attached hydrogens (tertiary/aromatic N) is 1. The fourth-order valence-corrected chi connectivity index (χ4v) is 2.90. The van der Waals surface area contributed by atoms with Gasteiger partial charge in [0.15, 0.2) is 0 Å². The van der Waals surface area contributed by atoms with E-state index in [-0.39, 0.29) is 17.2 Å². The first-order valence-corrected chi connectivity index (χ1v) is 8.73. The molecule has 0 aromatic rings. The molecule has 23 heavy (non-hydrogen) atoms. The van der Waals surface area contributed by atoms with Crippen LogP contribution in [0.5, 0.6) is 0 Å². The van der Waals surface area contributed by atoms with Gasteiger partial charge >= 0.3 is 0 Å². The van der Waals surface area contributed by atoms with Crippen LogP contribution in [0.4, 0.5) is 0 Å². The number of hydrogen-bond acceptors (Lipinski definition) is 3. The number of ketones is 1. The Labute approximate surface area is 144 Å². The first-order chi connectivity index (χ1) is 10.6. The van der Waals surface area contributed by atoms with Crippen LogP contribution in [-0.4, -0.2) is 36.2 Å². The van der Waals surface area contributed by atoms with Gasteiger partial charge in [0.25, 0.3) is 0 Å². The number of hydrogen-bond donors (Lipinski definition) is 1. The van der Waals surface area contributed by atoms with Crippen LogP contribution < -0.4 is 5.64 Å². The maximum atomic E-state index is 10.1. The van der Waals surface area contributed by atoms with Crippen molar-refractivity contribution in [1.29, 1.82) is 0 Å². The number of allylic oxidation sites excluding steroid dienone is 1. The molecule has 0 aliphatic carbocycles. The summed E-state index contributed by atoms with van der Waals surface area (Å²) < 4.78 is 0. The molecule has 2 N–H and O–H groups in total. The van der Waals surface area contributed by atoms with E-state index in [9.17, 15) is 4.79 Å². The van der Waals surface area contributed by atoms with E-state index in [1.807, 2.05) is 21.3 Å². The molecule has 1 heterocycles. The smallest absolute Gasteiger partial charge is 0.207 e. The zero-order valence-corrected chi connectivity index (χ0v) is 16.2. The predicted octanol–water partition coefficient (Wildman–Crippen LogP) is 3.98. The van der Waals surface area contributed by atoms with Crippen molar-refractivity contribution in [2.24, 2.45) is 11.6 Å². The number of likely N-dealkylation sites (tertiary alicyclic amines) is 1. The SMILES string of the molecule is C=C(C)C1CCCN1C(C)(C=CC)C(C)[B]N.CC(=O)C(C)C. The van der Waals surface area contributed by atoms with Gasteiger partial charge < -0.3 is 5.64 Å². The summed E-state index contributed by atoms with van der Waals surface area (Å²) in [6.45, 7) is 19.3. The van der Waals surface area contributed by atoms with Gasteiger partial charge in [-0.05, 0) is 52.9 Å².